The second-order valence-electron chi connectivity index (χ2n) is 5.87. The van der Waals surface area contributed by atoms with Gasteiger partial charge < -0.3 is 5.73 Å². The van der Waals surface area contributed by atoms with Crippen LogP contribution in [0.2, 0.25) is 0 Å². The number of nitrogens with zero attached hydrogens (tertiary/aromatic N) is 1. The summed E-state index contributed by atoms with van der Waals surface area (Å²) in [7, 11) is 0. The number of rotatable bonds is 5. The first kappa shape index (κ1) is 17.3. The molecule has 0 saturated carbocycles. The molecule has 0 aliphatic carbocycles. The fourth-order valence-corrected chi connectivity index (χ4v) is 3.78. The maximum atomic E-state index is 6.30. The molecule has 0 fully saturated rings. The van der Waals surface area contributed by atoms with Crippen molar-refractivity contribution in [3.05, 3.63) is 108 Å². The summed E-state index contributed by atoms with van der Waals surface area (Å²) in [5.74, 6) is 0. The van der Waals surface area contributed by atoms with Crippen LogP contribution in [-0.2, 0) is 0 Å². The van der Waals surface area contributed by atoms with Gasteiger partial charge in [0.2, 0.25) is 0 Å². The summed E-state index contributed by atoms with van der Waals surface area (Å²) in [6, 6.07) is 31.1. The minimum Gasteiger partial charge on any atom is -0.378 e. The van der Waals surface area contributed by atoms with Crippen molar-refractivity contribution in [3.8, 4) is 0 Å². The van der Waals surface area contributed by atoms with Crippen molar-refractivity contribution in [1.82, 2.24) is 0 Å². The second kappa shape index (κ2) is 8.54. The number of hydrogen-bond donors (Lipinski definition) is 1. The lowest BCUT2D eigenvalue weighted by atomic mass is 10.0. The van der Waals surface area contributed by atoms with E-state index in [0.717, 1.165) is 0 Å². The minimum absolute atomic E-state index is 0.0425. The van der Waals surface area contributed by atoms with Crippen LogP contribution in [0.4, 0.5) is 0 Å². The Kier molecular flexibility index (Phi) is 5.91. The van der Waals surface area contributed by atoms with E-state index in [9.17, 15) is 0 Å². The number of amidine groups is 1. The lowest BCUT2D eigenvalue weighted by Crippen LogP contribution is -2.12. The van der Waals surface area contributed by atoms with Gasteiger partial charge in [-0.1, -0.05) is 103 Å². The van der Waals surface area contributed by atoms with Crippen LogP contribution in [0.3, 0.4) is 0 Å². The van der Waals surface area contributed by atoms with E-state index < -0.39 is 0 Å². The minimum atomic E-state index is 0.0425. The highest BCUT2D eigenvalue weighted by molar-refractivity contribution is 8.14. The molecule has 0 aliphatic rings. The molecule has 3 heteroatoms. The van der Waals surface area contributed by atoms with E-state index in [-0.39, 0.29) is 11.3 Å². The van der Waals surface area contributed by atoms with Gasteiger partial charge in [0.05, 0.1) is 11.3 Å². The Morgan fingerprint density at radius 3 is 1.56 bits per heavy atom. The SMILES string of the molecule is C[C@@H](N=C(N)SC(c1ccccc1)c1ccccc1)c1ccccc1. The Hall–Kier alpha value is -2.52. The Balaban J connectivity index is 1.84. The zero-order valence-corrected chi connectivity index (χ0v) is 15.1. The summed E-state index contributed by atoms with van der Waals surface area (Å²) in [5, 5.41) is 0.739. The first-order chi connectivity index (χ1) is 12.2. The van der Waals surface area contributed by atoms with Crippen LogP contribution in [-0.4, -0.2) is 5.17 Å². The standard InChI is InChI=1S/C22H22N2S/c1-17(18-11-5-2-6-12-18)24-22(23)25-21(19-13-7-3-8-14-19)20-15-9-4-10-16-20/h2-17,21H,1H3,(H2,23,24)/t17-/m1/s1. The van der Waals surface area contributed by atoms with Gasteiger partial charge >= 0.3 is 0 Å². The maximum absolute atomic E-state index is 6.30. The molecular formula is C22H22N2S. The zero-order chi connectivity index (χ0) is 17.5. The average molecular weight is 346 g/mol. The molecule has 2 N–H and O–H groups in total. The number of nitrogens with two attached hydrogens (primary N) is 1. The van der Waals surface area contributed by atoms with Crippen LogP contribution in [0.1, 0.15) is 34.9 Å². The molecule has 0 saturated heterocycles. The van der Waals surface area contributed by atoms with E-state index >= 15 is 0 Å². The highest BCUT2D eigenvalue weighted by Gasteiger charge is 2.17. The predicted octanol–water partition coefficient (Wildman–Crippen LogP) is 5.59. The van der Waals surface area contributed by atoms with Gasteiger partial charge in [0.25, 0.3) is 0 Å². The molecule has 3 aromatic rings. The highest BCUT2D eigenvalue weighted by atomic mass is 32.2. The van der Waals surface area contributed by atoms with E-state index in [0.29, 0.717) is 5.17 Å². The van der Waals surface area contributed by atoms with Crippen molar-refractivity contribution in [2.45, 2.75) is 18.2 Å². The van der Waals surface area contributed by atoms with Crippen LogP contribution in [0.25, 0.3) is 0 Å². The quantitative estimate of drug-likeness (QED) is 0.483. The van der Waals surface area contributed by atoms with Gasteiger partial charge in [-0.05, 0) is 23.6 Å². The molecule has 0 radical (unpaired) electrons. The number of thioether (sulfide) groups is 1. The summed E-state index contributed by atoms with van der Waals surface area (Å²) < 4.78 is 0. The first-order valence-electron chi connectivity index (χ1n) is 8.39. The van der Waals surface area contributed by atoms with Gasteiger partial charge in [-0.15, -0.1) is 0 Å². The van der Waals surface area contributed by atoms with Gasteiger partial charge in [-0.3, -0.25) is 4.99 Å². The molecule has 3 aromatic carbocycles. The topological polar surface area (TPSA) is 38.4 Å². The molecule has 0 unspecified atom stereocenters. The fourth-order valence-electron chi connectivity index (χ4n) is 2.73. The van der Waals surface area contributed by atoms with Crippen molar-refractivity contribution in [3.63, 3.8) is 0 Å². The van der Waals surface area contributed by atoms with Crippen LogP contribution >= 0.6 is 11.8 Å². The number of aliphatic imine (C=N–C) groups is 1. The molecule has 0 heterocycles. The molecule has 0 amide bonds. The van der Waals surface area contributed by atoms with E-state index in [1.807, 2.05) is 30.3 Å². The van der Waals surface area contributed by atoms with Crippen LogP contribution in [0.15, 0.2) is 96.0 Å². The van der Waals surface area contributed by atoms with Crippen LogP contribution < -0.4 is 5.73 Å². The van der Waals surface area contributed by atoms with E-state index in [4.69, 9.17) is 10.7 Å². The molecule has 3 rings (SSSR count). The third-order valence-electron chi connectivity index (χ3n) is 4.05. The molecule has 126 valence electrons. The first-order valence-corrected chi connectivity index (χ1v) is 9.27. The van der Waals surface area contributed by atoms with Crippen LogP contribution in [0, 0.1) is 0 Å². The summed E-state index contributed by atoms with van der Waals surface area (Å²) in [4.78, 5) is 4.70. The molecule has 0 bridgehead atoms. The summed E-state index contributed by atoms with van der Waals surface area (Å²) >= 11 is 1.60. The summed E-state index contributed by atoms with van der Waals surface area (Å²) in [5.41, 5.74) is 9.92. The van der Waals surface area contributed by atoms with E-state index in [2.05, 4.69) is 67.6 Å². The zero-order valence-electron chi connectivity index (χ0n) is 14.2. The second-order valence-corrected chi connectivity index (χ2v) is 7.00. The van der Waals surface area contributed by atoms with Gasteiger partial charge in [0, 0.05) is 0 Å². The molecule has 0 aliphatic heterocycles. The van der Waals surface area contributed by atoms with Crippen molar-refractivity contribution >= 4 is 16.9 Å². The lowest BCUT2D eigenvalue weighted by Gasteiger charge is -2.18. The molecule has 1 atom stereocenters. The third kappa shape index (κ3) is 4.74. The largest absolute Gasteiger partial charge is 0.378 e. The molecule has 25 heavy (non-hydrogen) atoms. The van der Waals surface area contributed by atoms with Crippen molar-refractivity contribution in [2.24, 2.45) is 10.7 Å². The molecule has 2 nitrogen and oxygen atoms in total. The summed E-state index contributed by atoms with van der Waals surface area (Å²) in [6.07, 6.45) is 0. The van der Waals surface area contributed by atoms with E-state index in [1.165, 1.54) is 16.7 Å². The smallest absolute Gasteiger partial charge is 0.155 e. The Bertz CT molecular complexity index is 762. The Labute approximate surface area is 153 Å². The van der Waals surface area contributed by atoms with Gasteiger partial charge in [0.1, 0.15) is 0 Å². The third-order valence-corrected chi connectivity index (χ3v) is 5.17. The predicted molar refractivity (Wildman–Crippen MR) is 109 cm³/mol. The average Bonchev–Trinajstić information content (AvgIpc) is 2.68. The van der Waals surface area contributed by atoms with Crippen molar-refractivity contribution < 1.29 is 0 Å². The highest BCUT2D eigenvalue weighted by Crippen LogP contribution is 2.36. The van der Waals surface area contributed by atoms with Crippen molar-refractivity contribution in [1.29, 1.82) is 0 Å². The van der Waals surface area contributed by atoms with E-state index in [1.54, 1.807) is 11.8 Å². The molecular weight excluding hydrogens is 324 g/mol. The Morgan fingerprint density at radius 1 is 0.720 bits per heavy atom. The van der Waals surface area contributed by atoms with Crippen LogP contribution in [0.5, 0.6) is 0 Å². The van der Waals surface area contributed by atoms with Gasteiger partial charge in [-0.25, -0.2) is 0 Å². The fraction of sp³-hybridized carbons (Fsp3) is 0.136. The normalized spacial score (nSPS) is 13.0. The van der Waals surface area contributed by atoms with Crippen molar-refractivity contribution in [2.75, 3.05) is 0 Å². The number of hydrogen-bond acceptors (Lipinski definition) is 2. The van der Waals surface area contributed by atoms with Gasteiger partial charge in [0.15, 0.2) is 5.17 Å². The molecule has 0 spiro atoms. The molecule has 0 aromatic heterocycles. The lowest BCUT2D eigenvalue weighted by molar-refractivity contribution is 0.822. The maximum Gasteiger partial charge on any atom is 0.155 e. The Morgan fingerprint density at radius 2 is 1.12 bits per heavy atom. The monoisotopic (exact) mass is 346 g/mol. The van der Waals surface area contributed by atoms with Gasteiger partial charge in [-0.2, -0.15) is 0 Å². The summed E-state index contributed by atoms with van der Waals surface area (Å²) in [6.45, 7) is 2.07. The number of benzene rings is 3.